The van der Waals surface area contributed by atoms with Gasteiger partial charge in [-0.2, -0.15) is 0 Å². The molecule has 1 aliphatic rings. The van der Waals surface area contributed by atoms with Crippen molar-refractivity contribution in [3.05, 3.63) is 0 Å². The maximum Gasteiger partial charge on any atom is 0.00855 e. The summed E-state index contributed by atoms with van der Waals surface area (Å²) in [6.45, 7) is 4.67. The van der Waals surface area contributed by atoms with Gasteiger partial charge in [-0.15, -0.1) is 0 Å². The van der Waals surface area contributed by atoms with Crippen molar-refractivity contribution in [2.45, 2.75) is 26.7 Å². The van der Waals surface area contributed by atoms with Crippen molar-refractivity contribution in [1.82, 2.24) is 0 Å². The zero-order valence-electron chi connectivity index (χ0n) is 5.58. The lowest BCUT2D eigenvalue weighted by molar-refractivity contribution is 0.118. The zero-order chi connectivity index (χ0) is 6.20. The van der Waals surface area contributed by atoms with Crippen molar-refractivity contribution in [3.63, 3.8) is 0 Å². The van der Waals surface area contributed by atoms with Gasteiger partial charge in [-0.3, -0.25) is 0 Å². The first-order valence-corrected chi connectivity index (χ1v) is 4.34. The summed E-state index contributed by atoms with van der Waals surface area (Å²) in [7, 11) is 0. The quantitative estimate of drug-likeness (QED) is 0.540. The van der Waals surface area contributed by atoms with Gasteiger partial charge in [-0.25, -0.2) is 0 Å². The van der Waals surface area contributed by atoms with E-state index in [2.05, 4.69) is 29.8 Å². The van der Waals surface area contributed by atoms with E-state index in [1.165, 1.54) is 18.2 Å². The smallest absolute Gasteiger partial charge is 0.00855 e. The van der Waals surface area contributed by atoms with Crippen LogP contribution in [-0.2, 0) is 0 Å². The first kappa shape index (κ1) is 6.60. The molecule has 1 fully saturated rings. The molecule has 0 unspecified atom stereocenters. The minimum Gasteiger partial charge on any atom is -0.0922 e. The molecule has 0 atom stereocenters. The maximum atomic E-state index is 3.51. The Balaban J connectivity index is 2.30. The Hall–Kier alpha value is 0.480. The minimum absolute atomic E-state index is 0.652. The Bertz CT molecular complexity index is 82.4. The summed E-state index contributed by atoms with van der Waals surface area (Å²) in [4.78, 5) is 0. The molecule has 0 aromatic rings. The van der Waals surface area contributed by atoms with E-state index in [1.54, 1.807) is 0 Å². The second-order valence-corrected chi connectivity index (χ2v) is 4.02. The van der Waals surface area contributed by atoms with Gasteiger partial charge in [0, 0.05) is 5.33 Å². The highest BCUT2D eigenvalue weighted by Crippen LogP contribution is 2.45. The number of rotatable bonds is 1. The summed E-state index contributed by atoms with van der Waals surface area (Å²) >= 11 is 3.51. The molecule has 0 spiro atoms. The van der Waals surface area contributed by atoms with E-state index in [-0.39, 0.29) is 0 Å². The fourth-order valence-electron chi connectivity index (χ4n) is 1.73. The van der Waals surface area contributed by atoms with E-state index in [0.717, 1.165) is 5.92 Å². The highest BCUT2D eigenvalue weighted by molar-refractivity contribution is 9.09. The second kappa shape index (κ2) is 2.02. The molecule has 0 radical (unpaired) electrons. The van der Waals surface area contributed by atoms with Crippen molar-refractivity contribution in [2.24, 2.45) is 11.3 Å². The van der Waals surface area contributed by atoms with Crippen LogP contribution in [0.5, 0.6) is 0 Å². The van der Waals surface area contributed by atoms with E-state index >= 15 is 0 Å². The van der Waals surface area contributed by atoms with Gasteiger partial charge in [0.05, 0.1) is 0 Å². The lowest BCUT2D eigenvalue weighted by Crippen LogP contribution is -2.33. The third-order valence-electron chi connectivity index (χ3n) is 2.01. The lowest BCUT2D eigenvalue weighted by atomic mass is 9.65. The number of hydrogen-bond donors (Lipinski definition) is 0. The van der Waals surface area contributed by atoms with Crippen LogP contribution >= 0.6 is 15.9 Å². The van der Waals surface area contributed by atoms with Crippen molar-refractivity contribution in [1.29, 1.82) is 0 Å². The standard InChI is InChI=1S/C7H13Br/c1-6-3-7(2,4-6)5-8/h6H,3-5H2,1-2H3. The Morgan fingerprint density at radius 2 is 2.12 bits per heavy atom. The molecule has 1 saturated carbocycles. The molecule has 0 heterocycles. The predicted octanol–water partition coefficient (Wildman–Crippen LogP) is 2.82. The summed E-state index contributed by atoms with van der Waals surface area (Å²) in [5.74, 6) is 0.984. The minimum atomic E-state index is 0.652. The Kier molecular flexibility index (Phi) is 1.66. The molecule has 0 saturated heterocycles. The van der Waals surface area contributed by atoms with Crippen molar-refractivity contribution < 1.29 is 0 Å². The third kappa shape index (κ3) is 1.07. The Morgan fingerprint density at radius 1 is 1.62 bits per heavy atom. The summed E-state index contributed by atoms with van der Waals surface area (Å²) in [6, 6.07) is 0. The topological polar surface area (TPSA) is 0 Å². The normalized spacial score (nSPS) is 46.1. The number of hydrogen-bond acceptors (Lipinski definition) is 0. The molecule has 1 heteroatoms. The van der Waals surface area contributed by atoms with Crippen LogP contribution in [0.4, 0.5) is 0 Å². The average Bonchev–Trinajstić information content (AvgIpc) is 1.63. The molecule has 0 nitrogen and oxygen atoms in total. The van der Waals surface area contributed by atoms with Crippen LogP contribution < -0.4 is 0 Å². The average molecular weight is 177 g/mol. The Morgan fingerprint density at radius 3 is 2.25 bits per heavy atom. The zero-order valence-corrected chi connectivity index (χ0v) is 7.16. The molecule has 0 aliphatic heterocycles. The van der Waals surface area contributed by atoms with E-state index in [0.29, 0.717) is 5.41 Å². The van der Waals surface area contributed by atoms with Gasteiger partial charge in [0.25, 0.3) is 0 Å². The molecule has 1 aliphatic carbocycles. The van der Waals surface area contributed by atoms with E-state index in [9.17, 15) is 0 Å². The van der Waals surface area contributed by atoms with Crippen LogP contribution in [0.15, 0.2) is 0 Å². The first-order valence-electron chi connectivity index (χ1n) is 3.22. The molecule has 0 aromatic heterocycles. The van der Waals surface area contributed by atoms with Gasteiger partial charge >= 0.3 is 0 Å². The van der Waals surface area contributed by atoms with Crippen LogP contribution in [0.3, 0.4) is 0 Å². The molecule has 0 bridgehead atoms. The van der Waals surface area contributed by atoms with Crippen LogP contribution in [0.2, 0.25) is 0 Å². The van der Waals surface area contributed by atoms with Gasteiger partial charge in [0.1, 0.15) is 0 Å². The first-order chi connectivity index (χ1) is 3.66. The maximum absolute atomic E-state index is 3.51. The summed E-state index contributed by atoms with van der Waals surface area (Å²) < 4.78 is 0. The van der Waals surface area contributed by atoms with Crippen molar-refractivity contribution >= 4 is 15.9 Å². The van der Waals surface area contributed by atoms with Gasteiger partial charge in [0.15, 0.2) is 0 Å². The molecule has 8 heavy (non-hydrogen) atoms. The van der Waals surface area contributed by atoms with Crippen molar-refractivity contribution in [3.8, 4) is 0 Å². The molecule has 1 rings (SSSR count). The van der Waals surface area contributed by atoms with Crippen LogP contribution in [0, 0.1) is 11.3 Å². The molecule has 0 aromatic carbocycles. The fraction of sp³-hybridized carbons (Fsp3) is 1.00. The number of halogens is 1. The van der Waals surface area contributed by atoms with E-state index in [1.807, 2.05) is 0 Å². The van der Waals surface area contributed by atoms with Gasteiger partial charge < -0.3 is 0 Å². The lowest BCUT2D eigenvalue weighted by Gasteiger charge is -2.42. The largest absolute Gasteiger partial charge is 0.0922 e. The van der Waals surface area contributed by atoms with Crippen LogP contribution in [0.1, 0.15) is 26.7 Å². The summed E-state index contributed by atoms with van der Waals surface area (Å²) in [5.41, 5.74) is 0.652. The molecule has 0 N–H and O–H groups in total. The van der Waals surface area contributed by atoms with Crippen LogP contribution in [0.25, 0.3) is 0 Å². The molecule has 48 valence electrons. The third-order valence-corrected chi connectivity index (χ3v) is 3.36. The number of alkyl halides is 1. The highest BCUT2D eigenvalue weighted by atomic mass is 79.9. The summed E-state index contributed by atoms with van der Waals surface area (Å²) in [5, 5.41) is 1.18. The summed E-state index contributed by atoms with van der Waals surface area (Å²) in [6.07, 6.45) is 2.83. The fourth-order valence-corrected chi connectivity index (χ4v) is 2.19. The van der Waals surface area contributed by atoms with E-state index in [4.69, 9.17) is 0 Å². The monoisotopic (exact) mass is 176 g/mol. The molecule has 0 amide bonds. The van der Waals surface area contributed by atoms with E-state index < -0.39 is 0 Å². The molecular weight excluding hydrogens is 164 g/mol. The van der Waals surface area contributed by atoms with Crippen molar-refractivity contribution in [2.75, 3.05) is 5.33 Å². The van der Waals surface area contributed by atoms with Gasteiger partial charge in [0.2, 0.25) is 0 Å². The molecular formula is C7H13Br. The van der Waals surface area contributed by atoms with Gasteiger partial charge in [-0.1, -0.05) is 29.8 Å². The predicted molar refractivity (Wildman–Crippen MR) is 40.3 cm³/mol. The SMILES string of the molecule is CC1CC(C)(CBr)C1. The highest BCUT2D eigenvalue weighted by Gasteiger charge is 2.36. The van der Waals surface area contributed by atoms with Crippen LogP contribution in [-0.4, -0.2) is 5.33 Å². The second-order valence-electron chi connectivity index (χ2n) is 3.46. The Labute approximate surface area is 59.8 Å². The van der Waals surface area contributed by atoms with Gasteiger partial charge in [-0.05, 0) is 24.2 Å².